The van der Waals surface area contributed by atoms with Gasteiger partial charge < -0.3 is 18.9 Å². The number of benzene rings is 3. The summed E-state index contributed by atoms with van der Waals surface area (Å²) in [5.74, 6) is 0.786. The molecule has 0 heterocycles. The predicted molar refractivity (Wildman–Crippen MR) is 106 cm³/mol. The third kappa shape index (κ3) is 4.82. The van der Waals surface area contributed by atoms with E-state index in [-0.39, 0.29) is 0 Å². The normalized spacial score (nSPS) is 10.2. The standard InChI is InChI=1S/C23H22O5/c1-25-20-13-19(23(24)26-2)14-21(27-15-17-9-5-3-6-10-17)22(20)28-16-18-11-7-4-8-12-18/h3-14H,15-16H2,1-2H3. The molecule has 0 saturated heterocycles. The van der Waals surface area contributed by atoms with Crippen molar-refractivity contribution in [1.82, 2.24) is 0 Å². The third-order valence-corrected chi connectivity index (χ3v) is 4.12. The van der Waals surface area contributed by atoms with Gasteiger partial charge in [0.05, 0.1) is 19.8 Å². The Morgan fingerprint density at radius 1 is 0.750 bits per heavy atom. The first-order valence-corrected chi connectivity index (χ1v) is 8.85. The van der Waals surface area contributed by atoms with Gasteiger partial charge in [0.2, 0.25) is 5.75 Å². The lowest BCUT2D eigenvalue weighted by Crippen LogP contribution is -2.06. The van der Waals surface area contributed by atoms with E-state index < -0.39 is 5.97 Å². The maximum atomic E-state index is 12.0. The molecule has 0 spiro atoms. The van der Waals surface area contributed by atoms with Crippen LogP contribution >= 0.6 is 0 Å². The van der Waals surface area contributed by atoms with Crippen molar-refractivity contribution in [1.29, 1.82) is 0 Å². The van der Waals surface area contributed by atoms with E-state index in [4.69, 9.17) is 18.9 Å². The highest BCUT2D eigenvalue weighted by molar-refractivity contribution is 5.91. The number of carbonyl (C=O) groups excluding carboxylic acids is 1. The number of hydrogen-bond acceptors (Lipinski definition) is 5. The number of ether oxygens (including phenoxy) is 4. The predicted octanol–water partition coefficient (Wildman–Crippen LogP) is 4.64. The second-order valence-electron chi connectivity index (χ2n) is 6.05. The summed E-state index contributed by atoms with van der Waals surface area (Å²) < 4.78 is 22.3. The van der Waals surface area contributed by atoms with E-state index in [1.165, 1.54) is 14.2 Å². The Bertz CT molecular complexity index is 907. The van der Waals surface area contributed by atoms with Crippen LogP contribution in [0.3, 0.4) is 0 Å². The Kier molecular flexibility index (Phi) is 6.52. The van der Waals surface area contributed by atoms with Crippen molar-refractivity contribution < 1.29 is 23.7 Å². The number of rotatable bonds is 8. The maximum absolute atomic E-state index is 12.0. The molecule has 0 atom stereocenters. The molecule has 0 N–H and O–H groups in total. The summed E-state index contributed by atoms with van der Waals surface area (Å²) in [5.41, 5.74) is 2.34. The first-order valence-electron chi connectivity index (χ1n) is 8.85. The van der Waals surface area contributed by atoms with Crippen molar-refractivity contribution in [3.8, 4) is 17.2 Å². The highest BCUT2D eigenvalue weighted by Gasteiger charge is 2.19. The minimum Gasteiger partial charge on any atom is -0.493 e. The van der Waals surface area contributed by atoms with Crippen LogP contribution in [0.5, 0.6) is 17.2 Å². The average Bonchev–Trinajstić information content (AvgIpc) is 2.76. The molecule has 0 bridgehead atoms. The van der Waals surface area contributed by atoms with E-state index >= 15 is 0 Å². The van der Waals surface area contributed by atoms with Gasteiger partial charge in [0.1, 0.15) is 13.2 Å². The van der Waals surface area contributed by atoms with E-state index in [0.29, 0.717) is 36.0 Å². The lowest BCUT2D eigenvalue weighted by atomic mass is 10.1. The van der Waals surface area contributed by atoms with Gasteiger partial charge in [-0.25, -0.2) is 4.79 Å². The van der Waals surface area contributed by atoms with Crippen molar-refractivity contribution >= 4 is 5.97 Å². The molecule has 5 heteroatoms. The van der Waals surface area contributed by atoms with Crippen LogP contribution in [0.4, 0.5) is 0 Å². The molecule has 144 valence electrons. The van der Waals surface area contributed by atoms with Crippen LogP contribution in [0, 0.1) is 0 Å². The summed E-state index contributed by atoms with van der Waals surface area (Å²) >= 11 is 0. The minimum atomic E-state index is -0.475. The Morgan fingerprint density at radius 2 is 1.29 bits per heavy atom. The zero-order valence-electron chi connectivity index (χ0n) is 15.9. The molecule has 5 nitrogen and oxygen atoms in total. The first kappa shape index (κ1) is 19.3. The monoisotopic (exact) mass is 378 g/mol. The number of carbonyl (C=O) groups is 1. The third-order valence-electron chi connectivity index (χ3n) is 4.12. The van der Waals surface area contributed by atoms with Crippen LogP contribution in [0.15, 0.2) is 72.8 Å². The van der Waals surface area contributed by atoms with Crippen molar-refractivity contribution in [3.63, 3.8) is 0 Å². The summed E-state index contributed by atoms with van der Waals surface area (Å²) in [6.07, 6.45) is 0. The quantitative estimate of drug-likeness (QED) is 0.535. The Balaban J connectivity index is 1.90. The summed E-state index contributed by atoms with van der Waals surface area (Å²) in [6, 6.07) is 22.7. The molecule has 0 aliphatic carbocycles. The molecule has 0 aliphatic rings. The van der Waals surface area contributed by atoms with Crippen LogP contribution in [0.2, 0.25) is 0 Å². The zero-order chi connectivity index (χ0) is 19.8. The summed E-state index contributed by atoms with van der Waals surface area (Å²) in [6.45, 7) is 0.673. The lowest BCUT2D eigenvalue weighted by Gasteiger charge is -2.17. The fourth-order valence-electron chi connectivity index (χ4n) is 2.68. The summed E-state index contributed by atoms with van der Waals surface area (Å²) in [7, 11) is 2.85. The average molecular weight is 378 g/mol. The van der Waals surface area contributed by atoms with Gasteiger partial charge in [-0.1, -0.05) is 60.7 Å². The second kappa shape index (κ2) is 9.46. The summed E-state index contributed by atoms with van der Waals surface area (Å²) in [5, 5.41) is 0. The second-order valence-corrected chi connectivity index (χ2v) is 6.05. The molecule has 3 rings (SSSR count). The van der Waals surface area contributed by atoms with E-state index in [1.54, 1.807) is 12.1 Å². The van der Waals surface area contributed by atoms with Gasteiger partial charge in [0.25, 0.3) is 0 Å². The highest BCUT2D eigenvalue weighted by atomic mass is 16.5. The fraction of sp³-hybridized carbons (Fsp3) is 0.174. The van der Waals surface area contributed by atoms with Crippen LogP contribution in [-0.2, 0) is 18.0 Å². The van der Waals surface area contributed by atoms with Crippen LogP contribution < -0.4 is 14.2 Å². The molecular weight excluding hydrogens is 356 g/mol. The molecule has 0 aliphatic heterocycles. The van der Waals surface area contributed by atoms with Gasteiger partial charge in [0, 0.05) is 0 Å². The largest absolute Gasteiger partial charge is 0.493 e. The van der Waals surface area contributed by atoms with Crippen molar-refractivity contribution in [2.45, 2.75) is 13.2 Å². The molecule has 0 radical (unpaired) electrons. The van der Waals surface area contributed by atoms with Crippen LogP contribution in [-0.4, -0.2) is 20.2 Å². The Hall–Kier alpha value is -3.47. The van der Waals surface area contributed by atoms with E-state index in [1.807, 2.05) is 60.7 Å². The molecule has 0 amide bonds. The fourth-order valence-corrected chi connectivity index (χ4v) is 2.68. The van der Waals surface area contributed by atoms with Crippen molar-refractivity contribution in [3.05, 3.63) is 89.5 Å². The van der Waals surface area contributed by atoms with Gasteiger partial charge in [-0.3, -0.25) is 0 Å². The molecule has 0 aromatic heterocycles. The van der Waals surface area contributed by atoms with Crippen LogP contribution in [0.1, 0.15) is 21.5 Å². The molecule has 3 aromatic carbocycles. The number of hydrogen-bond donors (Lipinski definition) is 0. The van der Waals surface area contributed by atoms with Gasteiger partial charge in [-0.15, -0.1) is 0 Å². The molecule has 0 unspecified atom stereocenters. The van der Waals surface area contributed by atoms with Crippen LogP contribution in [0.25, 0.3) is 0 Å². The summed E-state index contributed by atoms with van der Waals surface area (Å²) in [4.78, 5) is 12.0. The SMILES string of the molecule is COC(=O)c1cc(OC)c(OCc2ccccc2)c(OCc2ccccc2)c1. The molecule has 28 heavy (non-hydrogen) atoms. The topological polar surface area (TPSA) is 54.0 Å². The maximum Gasteiger partial charge on any atom is 0.338 e. The van der Waals surface area contributed by atoms with Gasteiger partial charge in [-0.2, -0.15) is 0 Å². The van der Waals surface area contributed by atoms with Crippen molar-refractivity contribution in [2.24, 2.45) is 0 Å². The zero-order valence-corrected chi connectivity index (χ0v) is 15.9. The molecule has 0 fully saturated rings. The van der Waals surface area contributed by atoms with Gasteiger partial charge in [0.15, 0.2) is 11.5 Å². The lowest BCUT2D eigenvalue weighted by molar-refractivity contribution is 0.0599. The Labute approximate surface area is 164 Å². The van der Waals surface area contributed by atoms with E-state index in [2.05, 4.69) is 0 Å². The van der Waals surface area contributed by atoms with Crippen molar-refractivity contribution in [2.75, 3.05) is 14.2 Å². The van der Waals surface area contributed by atoms with E-state index in [9.17, 15) is 4.79 Å². The highest BCUT2D eigenvalue weighted by Crippen LogP contribution is 2.40. The number of esters is 1. The Morgan fingerprint density at radius 3 is 1.82 bits per heavy atom. The van der Waals surface area contributed by atoms with E-state index in [0.717, 1.165) is 11.1 Å². The molecule has 0 saturated carbocycles. The molecule has 3 aromatic rings. The van der Waals surface area contributed by atoms with Gasteiger partial charge in [-0.05, 0) is 23.3 Å². The smallest absolute Gasteiger partial charge is 0.338 e. The first-order chi connectivity index (χ1) is 13.7. The molecular formula is C23H22O5. The minimum absolute atomic E-state index is 0.328. The van der Waals surface area contributed by atoms with Gasteiger partial charge >= 0.3 is 5.97 Å². The number of methoxy groups -OCH3 is 2.